The molecule has 4 amide bonds. The molecule has 0 saturated carbocycles. The zero-order valence-corrected chi connectivity index (χ0v) is 23.1. The monoisotopic (exact) mass is 542 g/mol. The van der Waals surface area contributed by atoms with Crippen LogP contribution in [-0.2, 0) is 28.7 Å². The van der Waals surface area contributed by atoms with E-state index in [1.807, 2.05) is 13.8 Å². The topological polar surface area (TPSA) is 157 Å². The molecule has 0 aromatic heterocycles. The Morgan fingerprint density at radius 3 is 2.50 bits per heavy atom. The van der Waals surface area contributed by atoms with Crippen molar-refractivity contribution >= 4 is 51.2 Å². The minimum absolute atomic E-state index is 0.0582. The van der Waals surface area contributed by atoms with Gasteiger partial charge in [-0.2, -0.15) is 0 Å². The first kappa shape index (κ1) is 31.6. The van der Waals surface area contributed by atoms with Crippen molar-refractivity contribution in [2.24, 2.45) is 17.6 Å². The predicted molar refractivity (Wildman–Crippen MR) is 142 cm³/mol. The van der Waals surface area contributed by atoms with Crippen molar-refractivity contribution in [2.45, 2.75) is 72.1 Å². The van der Waals surface area contributed by atoms with Gasteiger partial charge in [-0.15, -0.1) is 0 Å². The summed E-state index contributed by atoms with van der Waals surface area (Å²) < 4.78 is 5.48. The first-order valence-corrected chi connectivity index (χ1v) is 14.4. The highest BCUT2D eigenvalue weighted by molar-refractivity contribution is 8.76. The van der Waals surface area contributed by atoms with Crippen molar-refractivity contribution < 1.29 is 28.7 Å². The largest absolute Gasteiger partial charge is 0.456 e. The summed E-state index contributed by atoms with van der Waals surface area (Å²) in [6.07, 6.45) is 4.67. The molecule has 1 rings (SSSR count). The normalized spacial score (nSPS) is 25.0. The summed E-state index contributed by atoms with van der Waals surface area (Å²) in [5.41, 5.74) is 5.25. The first-order valence-electron chi connectivity index (χ1n) is 11.9. The zero-order valence-electron chi connectivity index (χ0n) is 21.5. The van der Waals surface area contributed by atoms with E-state index >= 15 is 0 Å². The van der Waals surface area contributed by atoms with Crippen LogP contribution >= 0.6 is 21.6 Å². The van der Waals surface area contributed by atoms with E-state index in [1.54, 1.807) is 32.9 Å². The van der Waals surface area contributed by atoms with Crippen molar-refractivity contribution in [3.05, 3.63) is 23.9 Å². The lowest BCUT2D eigenvalue weighted by Crippen LogP contribution is -2.52. The summed E-state index contributed by atoms with van der Waals surface area (Å²) in [5, 5.41) is 7.93. The average Bonchev–Trinajstić information content (AvgIpc) is 2.77. The molecular weight excluding hydrogens is 504 g/mol. The van der Waals surface area contributed by atoms with E-state index in [1.165, 1.54) is 27.7 Å². The Balaban J connectivity index is 3.19. The maximum atomic E-state index is 13.0. The lowest BCUT2D eigenvalue weighted by atomic mass is 10.0. The van der Waals surface area contributed by atoms with Gasteiger partial charge in [0.15, 0.2) is 0 Å². The molecule has 0 radical (unpaired) electrons. The number of allylic oxidation sites excluding steroid dienone is 2. The molecule has 1 aliphatic rings. The van der Waals surface area contributed by atoms with Gasteiger partial charge in [0.25, 0.3) is 5.91 Å². The van der Waals surface area contributed by atoms with Crippen LogP contribution in [0.5, 0.6) is 0 Å². The third kappa shape index (κ3) is 12.0. The molecule has 0 aromatic rings. The smallest absolute Gasteiger partial charge is 0.329 e. The van der Waals surface area contributed by atoms with Crippen LogP contribution in [0.25, 0.3) is 0 Å². The number of amides is 4. The molecule has 0 aliphatic carbocycles. The van der Waals surface area contributed by atoms with E-state index in [-0.39, 0.29) is 36.3 Å². The summed E-state index contributed by atoms with van der Waals surface area (Å²) in [7, 11) is 2.93. The summed E-state index contributed by atoms with van der Waals surface area (Å²) in [5.74, 6) is -2.04. The Kier molecular flexibility index (Phi) is 14.3. The number of primary amides is 1. The molecule has 0 unspecified atom stereocenters. The Morgan fingerprint density at radius 1 is 1.22 bits per heavy atom. The van der Waals surface area contributed by atoms with Crippen molar-refractivity contribution in [3.63, 3.8) is 0 Å². The van der Waals surface area contributed by atoms with Crippen molar-refractivity contribution in [1.29, 1.82) is 0 Å². The Labute approximate surface area is 220 Å². The molecule has 10 nitrogen and oxygen atoms in total. The molecule has 0 bridgehead atoms. The van der Waals surface area contributed by atoms with Crippen molar-refractivity contribution in [3.8, 4) is 0 Å². The van der Waals surface area contributed by atoms with Crippen LogP contribution in [0.4, 0.5) is 0 Å². The van der Waals surface area contributed by atoms with Crippen LogP contribution in [0, 0.1) is 11.8 Å². The number of hydrogen-bond donors (Lipinski definition) is 4. The van der Waals surface area contributed by atoms with Gasteiger partial charge >= 0.3 is 5.97 Å². The molecule has 1 aliphatic heterocycles. The minimum Gasteiger partial charge on any atom is -0.456 e. The molecule has 0 saturated heterocycles. The van der Waals surface area contributed by atoms with Gasteiger partial charge < -0.3 is 26.4 Å². The van der Waals surface area contributed by atoms with Crippen LogP contribution in [0.2, 0.25) is 0 Å². The summed E-state index contributed by atoms with van der Waals surface area (Å²) in [6.45, 7) is 8.86. The molecule has 12 heteroatoms. The van der Waals surface area contributed by atoms with Gasteiger partial charge in [-0.25, -0.2) is 4.79 Å². The SMILES string of the molecule is C/C=C1\NC(=O)[C@H](NC(=O)CC(C)C)CSSCC/C=C/[C@H](CC(N)=O)OC(=O)[C@H](C(C)C)NC1=O. The van der Waals surface area contributed by atoms with E-state index < -0.39 is 41.9 Å². The highest BCUT2D eigenvalue weighted by atomic mass is 33.1. The highest BCUT2D eigenvalue weighted by Gasteiger charge is 2.30. The van der Waals surface area contributed by atoms with Crippen LogP contribution in [0.15, 0.2) is 23.9 Å². The first-order chi connectivity index (χ1) is 16.9. The predicted octanol–water partition coefficient (Wildman–Crippen LogP) is 1.81. The van der Waals surface area contributed by atoms with E-state index in [4.69, 9.17) is 10.5 Å². The molecule has 0 fully saturated rings. The molecular formula is C24H38N4O6S2. The average molecular weight is 543 g/mol. The number of nitrogens with two attached hydrogens (primary N) is 1. The fourth-order valence-corrected chi connectivity index (χ4v) is 5.27. The zero-order chi connectivity index (χ0) is 27.3. The van der Waals surface area contributed by atoms with Crippen molar-refractivity contribution in [1.82, 2.24) is 16.0 Å². The number of carbonyl (C=O) groups excluding carboxylic acids is 5. The molecule has 3 atom stereocenters. The lowest BCUT2D eigenvalue weighted by molar-refractivity contribution is -0.152. The second-order valence-electron chi connectivity index (χ2n) is 9.07. The van der Waals surface area contributed by atoms with Crippen LogP contribution in [0.3, 0.4) is 0 Å². The highest BCUT2D eigenvalue weighted by Crippen LogP contribution is 2.23. The molecule has 36 heavy (non-hydrogen) atoms. The third-order valence-electron chi connectivity index (χ3n) is 4.95. The number of nitrogens with one attached hydrogen (secondary N) is 3. The second kappa shape index (κ2) is 16.3. The van der Waals surface area contributed by atoms with Crippen LogP contribution in [0.1, 0.15) is 53.9 Å². The van der Waals surface area contributed by atoms with Gasteiger partial charge in [-0.1, -0.05) is 61.4 Å². The van der Waals surface area contributed by atoms with Gasteiger partial charge in [-0.05, 0) is 31.3 Å². The summed E-state index contributed by atoms with van der Waals surface area (Å²) in [6, 6.07) is -1.88. The molecule has 202 valence electrons. The van der Waals surface area contributed by atoms with Gasteiger partial charge in [0, 0.05) is 17.9 Å². The van der Waals surface area contributed by atoms with E-state index in [2.05, 4.69) is 16.0 Å². The third-order valence-corrected chi connectivity index (χ3v) is 7.40. The number of rotatable bonds is 6. The minimum atomic E-state index is -1.03. The second-order valence-corrected chi connectivity index (χ2v) is 11.7. The Hall–Kier alpha value is -2.47. The van der Waals surface area contributed by atoms with Gasteiger partial charge in [-0.3, -0.25) is 19.2 Å². The van der Waals surface area contributed by atoms with Gasteiger partial charge in [0.1, 0.15) is 23.9 Å². The number of ether oxygens (including phenoxy) is 1. The Bertz CT molecular complexity index is 860. The standard InChI is InChI=1S/C24H38N4O6S2/c1-6-17-22(31)28-21(15(4)5)24(33)34-16(12-19(25)29)9-7-8-10-35-36-13-18(23(32)27-17)26-20(30)11-14(2)3/h6-7,9,14-16,18,21H,8,10-13H2,1-5H3,(H2,25,29)(H,26,30)(H,27,32)(H,28,31)/b9-7+,17-6-/t16-,18-,21+/m1/s1. The molecule has 0 aromatic carbocycles. The maximum Gasteiger partial charge on any atom is 0.329 e. The van der Waals surface area contributed by atoms with E-state index in [0.29, 0.717) is 17.9 Å². The number of esters is 1. The lowest BCUT2D eigenvalue weighted by Gasteiger charge is -2.24. The summed E-state index contributed by atoms with van der Waals surface area (Å²) >= 11 is 0. The van der Waals surface area contributed by atoms with E-state index in [0.717, 1.165) is 0 Å². The maximum absolute atomic E-state index is 13.0. The number of carbonyl (C=O) groups is 5. The molecule has 0 spiro atoms. The Morgan fingerprint density at radius 2 is 1.92 bits per heavy atom. The van der Waals surface area contributed by atoms with Gasteiger partial charge in [0.2, 0.25) is 17.7 Å². The molecule has 1 heterocycles. The summed E-state index contributed by atoms with van der Waals surface area (Å²) in [4.78, 5) is 62.6. The van der Waals surface area contributed by atoms with Crippen molar-refractivity contribution in [2.75, 3.05) is 11.5 Å². The van der Waals surface area contributed by atoms with E-state index in [9.17, 15) is 24.0 Å². The number of hydrogen-bond acceptors (Lipinski definition) is 8. The quantitative estimate of drug-likeness (QED) is 0.171. The van der Waals surface area contributed by atoms with Crippen LogP contribution in [-0.4, -0.2) is 59.3 Å². The number of cyclic esters (lactones) is 1. The molecule has 5 N–H and O–H groups in total. The fraction of sp³-hybridized carbons (Fsp3) is 0.625. The fourth-order valence-electron chi connectivity index (χ4n) is 3.11. The van der Waals surface area contributed by atoms with Gasteiger partial charge in [0.05, 0.1) is 6.42 Å². The van der Waals surface area contributed by atoms with Crippen LogP contribution < -0.4 is 21.7 Å².